The molecule has 0 unspecified atom stereocenters. The molecule has 1 aromatic carbocycles. The average Bonchev–Trinajstić information content (AvgIpc) is 2.80. The Hall–Kier alpha value is -1.81. The van der Waals surface area contributed by atoms with Crippen LogP contribution >= 0.6 is 11.6 Å². The highest BCUT2D eigenvalue weighted by Crippen LogP contribution is 2.17. The second-order valence-corrected chi connectivity index (χ2v) is 4.85. The molecule has 4 nitrogen and oxygen atoms in total. The van der Waals surface area contributed by atoms with E-state index in [2.05, 4.69) is 22.4 Å². The smallest absolute Gasteiger partial charge is 0.256 e. The number of aryl methyl sites for hydroxylation is 2. The van der Waals surface area contributed by atoms with Crippen molar-refractivity contribution in [2.24, 2.45) is 0 Å². The molecule has 0 atom stereocenters. The summed E-state index contributed by atoms with van der Waals surface area (Å²) in [6, 6.07) is 7.07. The molecule has 100 valence electrons. The summed E-state index contributed by atoms with van der Waals surface area (Å²) in [5.41, 5.74) is 2.48. The molecule has 2 N–H and O–H groups in total. The third-order valence-corrected chi connectivity index (χ3v) is 3.23. The van der Waals surface area contributed by atoms with Gasteiger partial charge in [0.2, 0.25) is 0 Å². The molecule has 0 fully saturated rings. The monoisotopic (exact) mass is 277 g/mol. The molecule has 2 rings (SSSR count). The molecule has 5 heteroatoms. The van der Waals surface area contributed by atoms with E-state index in [9.17, 15) is 4.79 Å². The predicted molar refractivity (Wildman–Crippen MR) is 76.7 cm³/mol. The highest BCUT2D eigenvalue weighted by Gasteiger charge is 2.09. The molecule has 19 heavy (non-hydrogen) atoms. The lowest BCUT2D eigenvalue weighted by Gasteiger charge is -2.03. The maximum atomic E-state index is 12.0. The quantitative estimate of drug-likeness (QED) is 0.897. The zero-order valence-electron chi connectivity index (χ0n) is 11.0. The van der Waals surface area contributed by atoms with Crippen molar-refractivity contribution in [1.82, 2.24) is 10.2 Å². The normalized spacial score (nSPS) is 10.5. The summed E-state index contributed by atoms with van der Waals surface area (Å²) in [5.74, 6) is 0.321. The molecule has 0 aliphatic heterocycles. The van der Waals surface area contributed by atoms with Gasteiger partial charge < -0.3 is 5.32 Å². The van der Waals surface area contributed by atoms with Gasteiger partial charge in [-0.05, 0) is 31.0 Å². The lowest BCUT2D eigenvalue weighted by molar-refractivity contribution is 0.102. The number of benzene rings is 1. The van der Waals surface area contributed by atoms with E-state index in [0.29, 0.717) is 16.4 Å². The summed E-state index contributed by atoms with van der Waals surface area (Å²) in [6.45, 7) is 3.99. The van der Waals surface area contributed by atoms with Gasteiger partial charge in [0, 0.05) is 22.3 Å². The minimum Gasteiger partial charge on any atom is -0.305 e. The van der Waals surface area contributed by atoms with E-state index in [-0.39, 0.29) is 5.91 Å². The van der Waals surface area contributed by atoms with E-state index in [0.717, 1.165) is 24.1 Å². The van der Waals surface area contributed by atoms with Crippen LogP contribution in [0.5, 0.6) is 0 Å². The first-order valence-corrected chi connectivity index (χ1v) is 6.59. The number of carbonyl (C=O) groups is 1. The van der Waals surface area contributed by atoms with Crippen LogP contribution in [0, 0.1) is 6.92 Å². The van der Waals surface area contributed by atoms with E-state index < -0.39 is 0 Å². The first-order valence-electron chi connectivity index (χ1n) is 6.22. The summed E-state index contributed by atoms with van der Waals surface area (Å²) in [7, 11) is 0. The third-order valence-electron chi connectivity index (χ3n) is 2.83. The fourth-order valence-electron chi connectivity index (χ4n) is 1.75. The lowest BCUT2D eigenvalue weighted by Crippen LogP contribution is -2.12. The Balaban J connectivity index is 2.09. The van der Waals surface area contributed by atoms with Crippen molar-refractivity contribution in [3.63, 3.8) is 0 Å². The number of nitrogens with one attached hydrogen (secondary N) is 2. The van der Waals surface area contributed by atoms with Crippen molar-refractivity contribution in [2.45, 2.75) is 26.7 Å². The number of anilines is 1. The Bertz CT molecular complexity index is 592. The van der Waals surface area contributed by atoms with Gasteiger partial charge in [-0.2, -0.15) is 5.10 Å². The first-order chi connectivity index (χ1) is 9.10. The Labute approximate surface area is 117 Å². The van der Waals surface area contributed by atoms with Crippen LogP contribution in [0.1, 0.15) is 35.0 Å². The Morgan fingerprint density at radius 1 is 1.42 bits per heavy atom. The zero-order chi connectivity index (χ0) is 13.8. The predicted octanol–water partition coefficient (Wildman–Crippen LogP) is 3.58. The van der Waals surface area contributed by atoms with E-state index in [4.69, 9.17) is 11.6 Å². The number of H-pyrrole nitrogens is 1. The molecular formula is C14H16ClN3O. The van der Waals surface area contributed by atoms with Gasteiger partial charge in [-0.25, -0.2) is 0 Å². The van der Waals surface area contributed by atoms with Crippen molar-refractivity contribution in [1.29, 1.82) is 0 Å². The van der Waals surface area contributed by atoms with Crippen LogP contribution in [-0.2, 0) is 6.42 Å². The van der Waals surface area contributed by atoms with Gasteiger partial charge in [-0.3, -0.25) is 9.89 Å². The first kappa shape index (κ1) is 13.6. The van der Waals surface area contributed by atoms with Crippen molar-refractivity contribution < 1.29 is 4.79 Å². The Morgan fingerprint density at radius 2 is 2.21 bits per heavy atom. The van der Waals surface area contributed by atoms with Crippen molar-refractivity contribution in [2.75, 3.05) is 5.32 Å². The van der Waals surface area contributed by atoms with E-state index in [1.54, 1.807) is 12.1 Å². The van der Waals surface area contributed by atoms with Crippen LogP contribution in [0.3, 0.4) is 0 Å². The topological polar surface area (TPSA) is 57.8 Å². The van der Waals surface area contributed by atoms with E-state index in [1.165, 1.54) is 0 Å². The number of aromatic nitrogens is 2. The van der Waals surface area contributed by atoms with E-state index in [1.807, 2.05) is 19.1 Å². The number of carbonyl (C=O) groups excluding carboxylic acids is 1. The Morgan fingerprint density at radius 3 is 2.89 bits per heavy atom. The zero-order valence-corrected chi connectivity index (χ0v) is 11.7. The average molecular weight is 278 g/mol. The molecule has 0 aliphatic rings. The molecule has 1 aromatic heterocycles. The van der Waals surface area contributed by atoms with Gasteiger partial charge in [-0.1, -0.05) is 31.0 Å². The highest BCUT2D eigenvalue weighted by atomic mass is 35.5. The number of aromatic amines is 1. The Kier molecular flexibility index (Phi) is 4.22. The van der Waals surface area contributed by atoms with Crippen LogP contribution in [-0.4, -0.2) is 16.1 Å². The number of halogens is 1. The maximum Gasteiger partial charge on any atom is 0.256 e. The fourth-order valence-corrected chi connectivity index (χ4v) is 1.93. The molecule has 0 saturated heterocycles. The third kappa shape index (κ3) is 3.35. The number of hydrogen-bond acceptors (Lipinski definition) is 2. The molecule has 0 saturated carbocycles. The summed E-state index contributed by atoms with van der Waals surface area (Å²) in [5, 5.41) is 10.3. The summed E-state index contributed by atoms with van der Waals surface area (Å²) >= 11 is 6.00. The van der Waals surface area contributed by atoms with Gasteiger partial charge >= 0.3 is 0 Å². The molecule has 2 aromatic rings. The SMILES string of the molecule is CCCc1cc(NC(=O)c2ccc(C)c(Cl)c2)n[nH]1. The minimum atomic E-state index is -0.212. The fraction of sp³-hybridized carbons (Fsp3) is 0.286. The van der Waals surface area contributed by atoms with Crippen molar-refractivity contribution in [3.05, 3.63) is 46.1 Å². The lowest BCUT2D eigenvalue weighted by atomic mass is 10.1. The number of hydrogen-bond donors (Lipinski definition) is 2. The minimum absolute atomic E-state index is 0.212. The molecule has 0 aliphatic carbocycles. The van der Waals surface area contributed by atoms with Gasteiger partial charge in [0.1, 0.15) is 0 Å². The summed E-state index contributed by atoms with van der Waals surface area (Å²) in [6.07, 6.45) is 1.95. The van der Waals surface area contributed by atoms with Gasteiger partial charge in [0.05, 0.1) is 0 Å². The maximum absolute atomic E-state index is 12.0. The van der Waals surface area contributed by atoms with Crippen LogP contribution in [0.4, 0.5) is 5.82 Å². The number of amides is 1. The molecule has 0 radical (unpaired) electrons. The van der Waals surface area contributed by atoms with Crippen LogP contribution < -0.4 is 5.32 Å². The summed E-state index contributed by atoms with van der Waals surface area (Å²) < 4.78 is 0. The molecular weight excluding hydrogens is 262 g/mol. The van der Waals surface area contributed by atoms with Gasteiger partial charge in [0.25, 0.3) is 5.91 Å². The standard InChI is InChI=1S/C14H16ClN3O/c1-3-4-11-8-13(18-17-11)16-14(19)10-6-5-9(2)12(15)7-10/h5-8H,3-4H2,1-2H3,(H2,16,17,18,19). The van der Waals surface area contributed by atoms with Crippen LogP contribution in [0.15, 0.2) is 24.3 Å². The van der Waals surface area contributed by atoms with Crippen LogP contribution in [0.2, 0.25) is 5.02 Å². The molecule has 1 heterocycles. The molecule has 0 bridgehead atoms. The van der Waals surface area contributed by atoms with Crippen molar-refractivity contribution in [3.8, 4) is 0 Å². The van der Waals surface area contributed by atoms with Gasteiger partial charge in [0.15, 0.2) is 5.82 Å². The number of nitrogens with zero attached hydrogens (tertiary/aromatic N) is 1. The molecule has 0 spiro atoms. The number of rotatable bonds is 4. The second-order valence-electron chi connectivity index (χ2n) is 4.45. The molecule has 1 amide bonds. The highest BCUT2D eigenvalue weighted by molar-refractivity contribution is 6.31. The van der Waals surface area contributed by atoms with Crippen LogP contribution in [0.25, 0.3) is 0 Å². The summed E-state index contributed by atoms with van der Waals surface area (Å²) in [4.78, 5) is 12.0. The van der Waals surface area contributed by atoms with Gasteiger partial charge in [-0.15, -0.1) is 0 Å². The largest absolute Gasteiger partial charge is 0.305 e. The van der Waals surface area contributed by atoms with E-state index >= 15 is 0 Å². The van der Waals surface area contributed by atoms with Crippen molar-refractivity contribution >= 4 is 23.3 Å². The second kappa shape index (κ2) is 5.89.